The van der Waals surface area contributed by atoms with E-state index in [4.69, 9.17) is 9.57 Å². The second-order valence-corrected chi connectivity index (χ2v) is 9.05. The second-order valence-electron chi connectivity index (χ2n) is 9.05. The molecule has 0 spiro atoms. The molecule has 3 aromatic carbocycles. The normalized spacial score (nSPS) is 13.4. The summed E-state index contributed by atoms with van der Waals surface area (Å²) in [5.74, 6) is -1.75. The molecule has 2 amide bonds. The van der Waals surface area contributed by atoms with Crippen molar-refractivity contribution in [2.45, 2.75) is 32.6 Å². The number of rotatable bonds is 6. The number of hydrogen-bond donors (Lipinski definition) is 0. The van der Waals surface area contributed by atoms with Crippen LogP contribution in [0.1, 0.15) is 40.7 Å². The molecule has 8 nitrogen and oxygen atoms in total. The van der Waals surface area contributed by atoms with Crippen LogP contribution < -0.4 is 9.30 Å². The lowest BCUT2D eigenvalue weighted by Gasteiger charge is -2.12. The van der Waals surface area contributed by atoms with Gasteiger partial charge < -0.3 is 9.57 Å². The summed E-state index contributed by atoms with van der Waals surface area (Å²) in [5.41, 5.74) is 4.21. The molecule has 0 aliphatic carbocycles. The number of hydroxylamine groups is 2. The highest BCUT2D eigenvalue weighted by molar-refractivity contribution is 6.13. The molecule has 1 aliphatic heterocycles. The third-order valence-corrected chi connectivity index (χ3v) is 6.47. The van der Waals surface area contributed by atoms with Crippen molar-refractivity contribution in [2.75, 3.05) is 0 Å². The number of aryl methyl sites for hydroxylation is 3. The Kier molecular flexibility index (Phi) is 6.40. The summed E-state index contributed by atoms with van der Waals surface area (Å²) < 4.78 is 7.83. The number of nitrogens with zero attached hydrogens (tertiary/aromatic N) is 2. The number of ether oxygens (including phenoxy) is 1. The number of hydrogen-bond acceptors (Lipinski definition) is 6. The lowest BCUT2D eigenvalue weighted by atomic mass is 10.0. The largest absolute Gasteiger partial charge is 0.423 e. The van der Waals surface area contributed by atoms with Gasteiger partial charge in [0.1, 0.15) is 12.8 Å². The van der Waals surface area contributed by atoms with Gasteiger partial charge in [-0.25, -0.2) is 9.59 Å². The van der Waals surface area contributed by atoms with Gasteiger partial charge in [0.25, 0.3) is 11.8 Å². The third kappa shape index (κ3) is 4.78. The molecule has 4 aromatic rings. The Morgan fingerprint density at radius 2 is 1.57 bits per heavy atom. The number of para-hydroxylation sites is 1. The molecule has 0 N–H and O–H groups in total. The van der Waals surface area contributed by atoms with Crippen molar-refractivity contribution in [3.05, 3.63) is 83.4 Å². The van der Waals surface area contributed by atoms with Crippen LogP contribution in [-0.2, 0) is 32.7 Å². The topological polar surface area (TPSA) is 93.9 Å². The third-order valence-electron chi connectivity index (χ3n) is 6.47. The summed E-state index contributed by atoms with van der Waals surface area (Å²) >= 11 is 0. The highest BCUT2D eigenvalue weighted by Crippen LogP contribution is 2.27. The summed E-state index contributed by atoms with van der Waals surface area (Å²) in [6.45, 7) is 1.99. The maximum Gasteiger partial charge on any atom is 0.345 e. The van der Waals surface area contributed by atoms with Crippen molar-refractivity contribution in [3.63, 3.8) is 0 Å². The minimum atomic E-state index is -0.662. The first-order chi connectivity index (χ1) is 17.8. The van der Waals surface area contributed by atoms with Gasteiger partial charge in [0.15, 0.2) is 0 Å². The van der Waals surface area contributed by atoms with Crippen molar-refractivity contribution in [2.24, 2.45) is 7.05 Å². The number of imide groups is 1. The minimum absolute atomic E-state index is 0.00540. The summed E-state index contributed by atoms with van der Waals surface area (Å²) in [5, 5.41) is 2.16. The number of benzene rings is 3. The highest BCUT2D eigenvalue weighted by Gasteiger charge is 2.32. The fourth-order valence-electron chi connectivity index (χ4n) is 4.55. The maximum atomic E-state index is 13.4. The van der Waals surface area contributed by atoms with Crippen LogP contribution >= 0.6 is 0 Å². The van der Waals surface area contributed by atoms with Gasteiger partial charge in [0.05, 0.1) is 22.8 Å². The zero-order valence-electron chi connectivity index (χ0n) is 20.5. The number of esters is 1. The van der Waals surface area contributed by atoms with Crippen LogP contribution in [-0.4, -0.2) is 28.8 Å². The summed E-state index contributed by atoms with van der Waals surface area (Å²) in [4.78, 5) is 53.6. The van der Waals surface area contributed by atoms with Crippen molar-refractivity contribution in [1.29, 1.82) is 0 Å². The van der Waals surface area contributed by atoms with E-state index < -0.39 is 23.8 Å². The van der Waals surface area contributed by atoms with Crippen LogP contribution in [0, 0.1) is 6.92 Å². The molecule has 0 bridgehead atoms. The van der Waals surface area contributed by atoms with E-state index in [0.717, 1.165) is 32.9 Å². The Morgan fingerprint density at radius 3 is 2.30 bits per heavy atom. The fraction of sp³-hybridized carbons (Fsp3) is 0.207. The molecule has 1 aliphatic rings. The molecule has 0 atom stereocenters. The van der Waals surface area contributed by atoms with E-state index >= 15 is 0 Å². The molecular formula is C29H25N2O6+. The first-order valence-electron chi connectivity index (χ1n) is 12.0. The predicted molar refractivity (Wildman–Crippen MR) is 134 cm³/mol. The van der Waals surface area contributed by atoms with Gasteiger partial charge >= 0.3 is 11.9 Å². The zero-order chi connectivity index (χ0) is 26.1. The van der Waals surface area contributed by atoms with E-state index in [0.29, 0.717) is 22.8 Å². The molecular weight excluding hydrogens is 472 g/mol. The molecule has 1 aromatic heterocycles. The van der Waals surface area contributed by atoms with Crippen LogP contribution in [0.3, 0.4) is 0 Å². The van der Waals surface area contributed by atoms with E-state index in [-0.39, 0.29) is 19.3 Å². The van der Waals surface area contributed by atoms with Crippen molar-refractivity contribution < 1.29 is 33.3 Å². The lowest BCUT2D eigenvalue weighted by molar-refractivity contribution is -0.617. The summed E-state index contributed by atoms with van der Waals surface area (Å²) in [6, 6.07) is 20.6. The highest BCUT2D eigenvalue weighted by atomic mass is 16.7. The molecule has 0 radical (unpaired) electrons. The van der Waals surface area contributed by atoms with Crippen LogP contribution in [0.15, 0.2) is 66.7 Å². The molecule has 2 heterocycles. The summed E-state index contributed by atoms with van der Waals surface area (Å²) in [7, 11) is 1.98. The Labute approximate surface area is 213 Å². The maximum absolute atomic E-state index is 13.4. The molecule has 1 saturated heterocycles. The molecule has 0 saturated carbocycles. The average molecular weight is 498 g/mol. The number of aromatic nitrogens is 1. The van der Waals surface area contributed by atoms with Gasteiger partial charge in [-0.3, -0.25) is 9.59 Å². The lowest BCUT2D eigenvalue weighted by Crippen LogP contribution is -2.32. The molecule has 8 heteroatoms. The molecule has 186 valence electrons. The van der Waals surface area contributed by atoms with E-state index in [1.807, 2.05) is 56.4 Å². The number of carbonyl (C=O) groups is 4. The van der Waals surface area contributed by atoms with Crippen LogP contribution in [0.25, 0.3) is 21.8 Å². The predicted octanol–water partition coefficient (Wildman–Crippen LogP) is 3.88. The van der Waals surface area contributed by atoms with Gasteiger partial charge in [0, 0.05) is 25.0 Å². The minimum Gasteiger partial charge on any atom is -0.423 e. The van der Waals surface area contributed by atoms with Crippen molar-refractivity contribution >= 4 is 45.6 Å². The molecule has 5 rings (SSSR count). The zero-order valence-corrected chi connectivity index (χ0v) is 20.5. The SMILES string of the molecule is Cc1ccc2c(c1)c(C(=O)Oc1ccc(CCC(=O)ON3C(=O)CCC3=O)cc1)c1ccccc1[n+]2C. The van der Waals surface area contributed by atoms with E-state index in [9.17, 15) is 19.2 Å². The van der Waals surface area contributed by atoms with Crippen LogP contribution in [0.4, 0.5) is 0 Å². The first kappa shape index (κ1) is 24.1. The van der Waals surface area contributed by atoms with Crippen molar-refractivity contribution in [1.82, 2.24) is 5.06 Å². The molecule has 37 heavy (non-hydrogen) atoms. The van der Waals surface area contributed by atoms with Gasteiger partial charge in [-0.2, -0.15) is 4.57 Å². The number of amides is 2. The Bertz CT molecular complexity index is 1560. The smallest absolute Gasteiger partial charge is 0.345 e. The first-order valence-corrected chi connectivity index (χ1v) is 12.0. The van der Waals surface area contributed by atoms with Gasteiger partial charge in [-0.1, -0.05) is 35.9 Å². The molecule has 0 unspecified atom stereocenters. The Hall–Kier alpha value is -4.59. The van der Waals surface area contributed by atoms with E-state index in [1.165, 1.54) is 0 Å². The second kappa shape index (κ2) is 9.81. The standard InChI is InChI=1S/C29H25N2O6/c1-18-7-13-24-22(17-18)28(21-5-3-4-6-23(21)30(24)2)29(35)36-20-11-8-19(9-12-20)10-16-27(34)37-31-25(32)14-15-26(31)33/h3-9,11-13,17H,10,14-16H2,1-2H3/q+1. The Balaban J connectivity index is 1.32. The average Bonchev–Trinajstić information content (AvgIpc) is 3.20. The van der Waals surface area contributed by atoms with E-state index in [2.05, 4.69) is 4.57 Å². The van der Waals surface area contributed by atoms with E-state index in [1.54, 1.807) is 24.3 Å². The van der Waals surface area contributed by atoms with Gasteiger partial charge in [-0.15, -0.1) is 5.06 Å². The van der Waals surface area contributed by atoms with Crippen LogP contribution in [0.5, 0.6) is 5.75 Å². The number of pyridine rings is 1. The van der Waals surface area contributed by atoms with Crippen LogP contribution in [0.2, 0.25) is 0 Å². The number of carbonyl (C=O) groups excluding carboxylic acids is 4. The van der Waals surface area contributed by atoms with Gasteiger partial charge in [0.2, 0.25) is 11.0 Å². The quantitative estimate of drug-likeness (QED) is 0.132. The monoisotopic (exact) mass is 497 g/mol. The number of fused-ring (bicyclic) bond motifs is 2. The molecule has 1 fully saturated rings. The fourth-order valence-corrected chi connectivity index (χ4v) is 4.55. The summed E-state index contributed by atoms with van der Waals surface area (Å²) in [6.07, 6.45) is 0.444. The Morgan fingerprint density at radius 1 is 0.892 bits per heavy atom. The van der Waals surface area contributed by atoms with Gasteiger partial charge in [-0.05, 0) is 43.2 Å². The van der Waals surface area contributed by atoms with Crippen molar-refractivity contribution in [3.8, 4) is 5.75 Å².